The van der Waals surface area contributed by atoms with Gasteiger partial charge >= 0.3 is 0 Å². The summed E-state index contributed by atoms with van der Waals surface area (Å²) in [4.78, 5) is 0. The minimum absolute atomic E-state index is 0.125. The van der Waals surface area contributed by atoms with Gasteiger partial charge in [-0.05, 0) is 0 Å². The molecule has 0 spiro atoms. The molecule has 1 aliphatic rings. The molecule has 0 atom stereocenters. The van der Waals surface area contributed by atoms with Crippen molar-refractivity contribution in [3.8, 4) is 0 Å². The molecule has 0 aromatic rings. The Balaban J connectivity index is 0.000000292. The lowest BCUT2D eigenvalue weighted by Gasteiger charge is -2.16. The van der Waals surface area contributed by atoms with Gasteiger partial charge in [0, 0.05) is 33.4 Å². The van der Waals surface area contributed by atoms with Crippen LogP contribution >= 0.6 is 0 Å². The SMILES string of the molecule is C=NO.CC1(C)CCC=[N+]1[O-]. The minimum atomic E-state index is -0.125. The van der Waals surface area contributed by atoms with E-state index in [0.717, 1.165) is 17.6 Å². The maximum absolute atomic E-state index is 10.8. The first kappa shape index (κ1) is 9.94. The molecule has 0 saturated heterocycles. The molecule has 0 saturated carbocycles. The lowest BCUT2D eigenvalue weighted by molar-refractivity contribution is -0.527. The normalized spacial score (nSPS) is 19.6. The molecule has 0 aromatic heterocycles. The molecule has 1 N–H and O–H groups in total. The van der Waals surface area contributed by atoms with Gasteiger partial charge in [-0.2, -0.15) is 0 Å². The van der Waals surface area contributed by atoms with E-state index >= 15 is 0 Å². The second-order valence-corrected chi connectivity index (χ2v) is 3.00. The monoisotopic (exact) mass is 158 g/mol. The summed E-state index contributed by atoms with van der Waals surface area (Å²) < 4.78 is 1.05. The van der Waals surface area contributed by atoms with Crippen LogP contribution in [0.4, 0.5) is 0 Å². The summed E-state index contributed by atoms with van der Waals surface area (Å²) in [6.07, 6.45) is 3.65. The fraction of sp³-hybridized carbons (Fsp3) is 0.714. The molecule has 0 aromatic carbocycles. The van der Waals surface area contributed by atoms with E-state index in [4.69, 9.17) is 5.21 Å². The van der Waals surface area contributed by atoms with Gasteiger partial charge in [-0.1, -0.05) is 0 Å². The summed E-state index contributed by atoms with van der Waals surface area (Å²) in [5.41, 5.74) is -0.125. The number of oxime groups is 1. The third kappa shape index (κ3) is 3.02. The first-order valence-corrected chi connectivity index (χ1v) is 3.44. The summed E-state index contributed by atoms with van der Waals surface area (Å²) in [6, 6.07) is 0. The summed E-state index contributed by atoms with van der Waals surface area (Å²) in [5, 5.41) is 20.1. The summed E-state index contributed by atoms with van der Waals surface area (Å²) >= 11 is 0. The van der Waals surface area contributed by atoms with Crippen molar-refractivity contribution >= 4 is 12.9 Å². The van der Waals surface area contributed by atoms with Crippen LogP contribution in [0, 0.1) is 5.21 Å². The molecule has 11 heavy (non-hydrogen) atoms. The fourth-order valence-corrected chi connectivity index (χ4v) is 0.892. The van der Waals surface area contributed by atoms with Crippen LogP contribution in [0.3, 0.4) is 0 Å². The second kappa shape index (κ2) is 3.95. The second-order valence-electron chi connectivity index (χ2n) is 3.00. The van der Waals surface area contributed by atoms with Crippen LogP contribution in [0.2, 0.25) is 0 Å². The Hall–Kier alpha value is -1.06. The first-order chi connectivity index (χ1) is 5.04. The van der Waals surface area contributed by atoms with E-state index in [1.807, 2.05) is 13.8 Å². The van der Waals surface area contributed by atoms with Gasteiger partial charge in [0.1, 0.15) is 0 Å². The van der Waals surface area contributed by atoms with E-state index < -0.39 is 0 Å². The Labute approximate surface area is 66.4 Å². The molecule has 0 fully saturated rings. The van der Waals surface area contributed by atoms with Crippen molar-refractivity contribution in [2.75, 3.05) is 0 Å². The average Bonchev–Trinajstić information content (AvgIpc) is 2.14. The van der Waals surface area contributed by atoms with Crippen LogP contribution in [-0.2, 0) is 0 Å². The van der Waals surface area contributed by atoms with Crippen molar-refractivity contribution in [3.63, 3.8) is 0 Å². The van der Waals surface area contributed by atoms with E-state index in [9.17, 15) is 5.21 Å². The quantitative estimate of drug-likeness (QED) is 0.189. The van der Waals surface area contributed by atoms with Crippen LogP contribution in [0.25, 0.3) is 0 Å². The molecular weight excluding hydrogens is 144 g/mol. The summed E-state index contributed by atoms with van der Waals surface area (Å²) in [7, 11) is 0. The predicted octanol–water partition coefficient (Wildman–Crippen LogP) is 1.22. The van der Waals surface area contributed by atoms with Gasteiger partial charge in [-0.3, -0.25) is 0 Å². The van der Waals surface area contributed by atoms with Crippen LogP contribution < -0.4 is 0 Å². The molecule has 0 bridgehead atoms. The number of hydroxylamine groups is 1. The Morgan fingerprint density at radius 3 is 2.27 bits per heavy atom. The summed E-state index contributed by atoms with van der Waals surface area (Å²) in [5.74, 6) is 0. The number of hydrogen-bond acceptors (Lipinski definition) is 3. The smallest absolute Gasteiger partial charge is 0.167 e. The van der Waals surface area contributed by atoms with Crippen LogP contribution in [0.1, 0.15) is 26.7 Å². The van der Waals surface area contributed by atoms with Gasteiger partial charge in [0.15, 0.2) is 11.8 Å². The highest BCUT2D eigenvalue weighted by atomic mass is 16.5. The highest BCUT2D eigenvalue weighted by Gasteiger charge is 2.29. The van der Waals surface area contributed by atoms with Gasteiger partial charge in [0.2, 0.25) is 0 Å². The third-order valence-electron chi connectivity index (χ3n) is 1.65. The molecule has 0 amide bonds. The van der Waals surface area contributed by atoms with Crippen molar-refractivity contribution in [1.29, 1.82) is 0 Å². The summed E-state index contributed by atoms with van der Waals surface area (Å²) in [6.45, 7) is 6.59. The Morgan fingerprint density at radius 1 is 1.73 bits per heavy atom. The fourth-order valence-electron chi connectivity index (χ4n) is 0.892. The maximum atomic E-state index is 10.8. The molecule has 1 rings (SSSR count). The molecule has 0 radical (unpaired) electrons. The third-order valence-corrected chi connectivity index (χ3v) is 1.65. The lowest BCUT2D eigenvalue weighted by atomic mass is 10.0. The van der Waals surface area contributed by atoms with Gasteiger partial charge in [0.05, 0.1) is 0 Å². The minimum Gasteiger partial charge on any atom is -0.624 e. The van der Waals surface area contributed by atoms with Gasteiger partial charge < -0.3 is 10.4 Å². The average molecular weight is 158 g/mol. The van der Waals surface area contributed by atoms with E-state index in [1.165, 1.54) is 0 Å². The number of rotatable bonds is 0. The molecule has 4 nitrogen and oxygen atoms in total. The zero-order chi connectivity index (χ0) is 8.91. The van der Waals surface area contributed by atoms with E-state index in [0.29, 0.717) is 0 Å². The Bertz CT molecular complexity index is 164. The van der Waals surface area contributed by atoms with Crippen molar-refractivity contribution in [2.45, 2.75) is 32.2 Å². The van der Waals surface area contributed by atoms with Crippen molar-refractivity contribution < 1.29 is 9.95 Å². The van der Waals surface area contributed by atoms with Gasteiger partial charge in [-0.25, -0.2) is 4.74 Å². The van der Waals surface area contributed by atoms with Crippen LogP contribution in [0.15, 0.2) is 5.16 Å². The Morgan fingerprint density at radius 2 is 2.18 bits per heavy atom. The van der Waals surface area contributed by atoms with Crippen molar-refractivity contribution in [2.24, 2.45) is 5.16 Å². The van der Waals surface area contributed by atoms with Crippen LogP contribution in [0.5, 0.6) is 0 Å². The Kier molecular flexibility index (Phi) is 3.57. The van der Waals surface area contributed by atoms with Gasteiger partial charge in [-0.15, -0.1) is 5.16 Å². The van der Waals surface area contributed by atoms with Crippen LogP contribution in [-0.4, -0.2) is 28.4 Å². The molecule has 1 heterocycles. The molecule has 4 heteroatoms. The van der Waals surface area contributed by atoms with Crippen molar-refractivity contribution in [3.05, 3.63) is 5.21 Å². The molecule has 1 aliphatic heterocycles. The molecule has 0 unspecified atom stereocenters. The number of hydrogen-bond donors (Lipinski definition) is 1. The predicted molar refractivity (Wildman–Crippen MR) is 44.3 cm³/mol. The van der Waals surface area contributed by atoms with E-state index in [1.54, 1.807) is 6.21 Å². The maximum Gasteiger partial charge on any atom is 0.167 e. The van der Waals surface area contributed by atoms with E-state index in [2.05, 4.69) is 11.9 Å². The standard InChI is InChI=1S/C6H11NO.CH3NO/c1-6(2)4-3-5-7(6)8;1-2-3/h5H,3-4H2,1-2H3;3H,1H2. The largest absolute Gasteiger partial charge is 0.624 e. The molecular formula is C7H14N2O2. The zero-order valence-corrected chi connectivity index (χ0v) is 6.95. The topological polar surface area (TPSA) is 58.7 Å². The molecule has 64 valence electrons. The highest BCUT2D eigenvalue weighted by Crippen LogP contribution is 2.19. The highest BCUT2D eigenvalue weighted by molar-refractivity contribution is 5.53. The van der Waals surface area contributed by atoms with Gasteiger partial charge in [0.25, 0.3) is 0 Å². The molecule has 0 aliphatic carbocycles. The van der Waals surface area contributed by atoms with Crippen molar-refractivity contribution in [1.82, 2.24) is 0 Å². The lowest BCUT2D eigenvalue weighted by Crippen LogP contribution is -2.27. The van der Waals surface area contributed by atoms with E-state index in [-0.39, 0.29) is 5.54 Å². The first-order valence-electron chi connectivity index (χ1n) is 3.44. The zero-order valence-electron chi connectivity index (χ0n) is 6.95. The number of nitrogens with zero attached hydrogens (tertiary/aromatic N) is 2.